The zero-order chi connectivity index (χ0) is 10.7. The summed E-state index contributed by atoms with van der Waals surface area (Å²) in [6, 6.07) is 7.67. The molecule has 0 saturated carbocycles. The fraction of sp³-hybridized carbons (Fsp3) is 0.182. The molecule has 15 heavy (non-hydrogen) atoms. The number of aliphatic carboxylic acids is 1. The Kier molecular flexibility index (Phi) is 2.69. The summed E-state index contributed by atoms with van der Waals surface area (Å²) in [7, 11) is 0. The largest absolute Gasteiger partial charge is 0.480 e. The van der Waals surface area contributed by atoms with Crippen LogP contribution in [0, 0.1) is 0 Å². The van der Waals surface area contributed by atoms with Crippen LogP contribution < -0.4 is 5.32 Å². The monoisotopic (exact) mass is 205 g/mol. The van der Waals surface area contributed by atoms with Crippen molar-refractivity contribution < 1.29 is 14.3 Å². The minimum Gasteiger partial charge on any atom is -0.480 e. The standard InChI is InChI=1S/C11H11NO3/c13-11(14)6-12-5-8-7-15-10-4-2-1-3-9(8)10/h1-4,7,12H,5-6H2,(H,13,14). The van der Waals surface area contributed by atoms with Crippen molar-refractivity contribution in [3.8, 4) is 0 Å². The van der Waals surface area contributed by atoms with E-state index in [-0.39, 0.29) is 6.54 Å². The first-order chi connectivity index (χ1) is 7.27. The Morgan fingerprint density at radius 2 is 2.20 bits per heavy atom. The van der Waals surface area contributed by atoms with Crippen molar-refractivity contribution in [1.82, 2.24) is 5.32 Å². The number of rotatable bonds is 4. The number of benzene rings is 1. The molecule has 1 aromatic heterocycles. The Morgan fingerprint density at radius 1 is 1.40 bits per heavy atom. The zero-order valence-corrected chi connectivity index (χ0v) is 8.06. The minimum atomic E-state index is -0.859. The first-order valence-electron chi connectivity index (χ1n) is 4.65. The van der Waals surface area contributed by atoms with Gasteiger partial charge in [0.05, 0.1) is 12.8 Å². The second kappa shape index (κ2) is 4.14. The highest BCUT2D eigenvalue weighted by molar-refractivity contribution is 5.80. The van der Waals surface area contributed by atoms with E-state index >= 15 is 0 Å². The lowest BCUT2D eigenvalue weighted by molar-refractivity contribution is -0.135. The van der Waals surface area contributed by atoms with E-state index in [0.717, 1.165) is 16.5 Å². The van der Waals surface area contributed by atoms with Crippen molar-refractivity contribution >= 4 is 16.9 Å². The van der Waals surface area contributed by atoms with Gasteiger partial charge in [-0.1, -0.05) is 18.2 Å². The maximum atomic E-state index is 10.3. The van der Waals surface area contributed by atoms with E-state index in [1.807, 2.05) is 24.3 Å². The number of hydrogen-bond donors (Lipinski definition) is 2. The highest BCUT2D eigenvalue weighted by Crippen LogP contribution is 2.20. The Labute approximate surface area is 86.5 Å². The van der Waals surface area contributed by atoms with Gasteiger partial charge in [-0.05, 0) is 6.07 Å². The molecule has 0 radical (unpaired) electrons. The number of carboxylic acid groups (broad SMARTS) is 1. The molecule has 0 unspecified atom stereocenters. The second-order valence-electron chi connectivity index (χ2n) is 3.25. The van der Waals surface area contributed by atoms with Gasteiger partial charge in [0.25, 0.3) is 0 Å². The average Bonchev–Trinajstić information content (AvgIpc) is 2.62. The van der Waals surface area contributed by atoms with Gasteiger partial charge in [-0.25, -0.2) is 0 Å². The third kappa shape index (κ3) is 2.16. The van der Waals surface area contributed by atoms with E-state index in [2.05, 4.69) is 5.32 Å². The van der Waals surface area contributed by atoms with Gasteiger partial charge in [0.1, 0.15) is 5.58 Å². The first kappa shape index (κ1) is 9.73. The fourth-order valence-electron chi connectivity index (χ4n) is 1.47. The summed E-state index contributed by atoms with van der Waals surface area (Å²) in [5.41, 5.74) is 1.80. The van der Waals surface area contributed by atoms with Gasteiger partial charge in [0.15, 0.2) is 0 Å². The maximum Gasteiger partial charge on any atom is 0.317 e. The second-order valence-corrected chi connectivity index (χ2v) is 3.25. The highest BCUT2D eigenvalue weighted by Gasteiger charge is 2.04. The number of para-hydroxylation sites is 1. The molecular weight excluding hydrogens is 194 g/mol. The lowest BCUT2D eigenvalue weighted by Crippen LogP contribution is -2.21. The van der Waals surface area contributed by atoms with Crippen LogP contribution in [0.25, 0.3) is 11.0 Å². The van der Waals surface area contributed by atoms with E-state index in [9.17, 15) is 4.79 Å². The molecule has 1 aromatic carbocycles. The van der Waals surface area contributed by atoms with Crippen LogP contribution in [-0.4, -0.2) is 17.6 Å². The smallest absolute Gasteiger partial charge is 0.317 e. The van der Waals surface area contributed by atoms with E-state index in [4.69, 9.17) is 9.52 Å². The minimum absolute atomic E-state index is 0.0422. The molecular formula is C11H11NO3. The molecule has 78 valence electrons. The summed E-state index contributed by atoms with van der Waals surface area (Å²) < 4.78 is 5.32. The molecule has 0 spiro atoms. The van der Waals surface area contributed by atoms with E-state index < -0.39 is 5.97 Å². The van der Waals surface area contributed by atoms with Crippen LogP contribution in [-0.2, 0) is 11.3 Å². The van der Waals surface area contributed by atoms with Gasteiger partial charge in [0, 0.05) is 17.5 Å². The Bertz CT molecular complexity index is 475. The van der Waals surface area contributed by atoms with Crippen molar-refractivity contribution in [3.05, 3.63) is 36.1 Å². The third-order valence-electron chi connectivity index (χ3n) is 2.15. The molecule has 0 amide bonds. The van der Waals surface area contributed by atoms with Gasteiger partial charge in [-0.2, -0.15) is 0 Å². The van der Waals surface area contributed by atoms with E-state index in [1.54, 1.807) is 6.26 Å². The predicted molar refractivity (Wildman–Crippen MR) is 55.6 cm³/mol. The summed E-state index contributed by atoms with van der Waals surface area (Å²) in [6.07, 6.45) is 1.65. The molecule has 2 N–H and O–H groups in total. The quantitative estimate of drug-likeness (QED) is 0.795. The summed E-state index contributed by atoms with van der Waals surface area (Å²) >= 11 is 0. The lowest BCUT2D eigenvalue weighted by Gasteiger charge is -1.98. The molecule has 2 rings (SSSR count). The predicted octanol–water partition coefficient (Wildman–Crippen LogP) is 1.61. The van der Waals surface area contributed by atoms with Crippen molar-refractivity contribution in [3.63, 3.8) is 0 Å². The Hall–Kier alpha value is -1.81. The van der Waals surface area contributed by atoms with Gasteiger partial charge in [-0.15, -0.1) is 0 Å². The van der Waals surface area contributed by atoms with Crippen LogP contribution in [0.2, 0.25) is 0 Å². The number of furan rings is 1. The van der Waals surface area contributed by atoms with Crippen molar-refractivity contribution in [2.24, 2.45) is 0 Å². The Morgan fingerprint density at radius 3 is 3.00 bits per heavy atom. The van der Waals surface area contributed by atoms with E-state index in [1.165, 1.54) is 0 Å². The molecule has 4 heteroatoms. The first-order valence-corrected chi connectivity index (χ1v) is 4.65. The normalized spacial score (nSPS) is 10.7. The van der Waals surface area contributed by atoms with Crippen LogP contribution in [0.15, 0.2) is 34.9 Å². The molecule has 0 aliphatic carbocycles. The molecule has 0 atom stereocenters. The summed E-state index contributed by atoms with van der Waals surface area (Å²) in [5, 5.41) is 12.3. The molecule has 0 fully saturated rings. The topological polar surface area (TPSA) is 62.5 Å². The van der Waals surface area contributed by atoms with Crippen molar-refractivity contribution in [1.29, 1.82) is 0 Å². The number of fused-ring (bicyclic) bond motifs is 1. The van der Waals surface area contributed by atoms with Gasteiger partial charge in [-0.3, -0.25) is 4.79 Å². The lowest BCUT2D eigenvalue weighted by atomic mass is 10.2. The molecule has 0 saturated heterocycles. The summed E-state index contributed by atoms with van der Waals surface area (Å²) in [6.45, 7) is 0.461. The van der Waals surface area contributed by atoms with E-state index in [0.29, 0.717) is 6.54 Å². The van der Waals surface area contributed by atoms with Gasteiger partial charge in [0.2, 0.25) is 0 Å². The summed E-state index contributed by atoms with van der Waals surface area (Å²) in [4.78, 5) is 10.3. The number of carbonyl (C=O) groups is 1. The van der Waals surface area contributed by atoms with Crippen LogP contribution in [0.4, 0.5) is 0 Å². The molecule has 0 aliphatic heterocycles. The molecule has 0 aliphatic rings. The number of carboxylic acids is 1. The maximum absolute atomic E-state index is 10.3. The van der Waals surface area contributed by atoms with Gasteiger partial charge < -0.3 is 14.8 Å². The SMILES string of the molecule is O=C(O)CNCc1coc2ccccc12. The molecule has 4 nitrogen and oxygen atoms in total. The molecule has 1 heterocycles. The summed E-state index contributed by atoms with van der Waals surface area (Å²) in [5.74, 6) is -0.859. The number of hydrogen-bond acceptors (Lipinski definition) is 3. The third-order valence-corrected chi connectivity index (χ3v) is 2.15. The highest BCUT2D eigenvalue weighted by atomic mass is 16.4. The number of nitrogens with one attached hydrogen (secondary N) is 1. The average molecular weight is 205 g/mol. The van der Waals surface area contributed by atoms with Crippen LogP contribution in [0.3, 0.4) is 0 Å². The zero-order valence-electron chi connectivity index (χ0n) is 8.06. The molecule has 0 bridgehead atoms. The van der Waals surface area contributed by atoms with Crippen LogP contribution in [0.1, 0.15) is 5.56 Å². The fourth-order valence-corrected chi connectivity index (χ4v) is 1.47. The van der Waals surface area contributed by atoms with Crippen molar-refractivity contribution in [2.45, 2.75) is 6.54 Å². The van der Waals surface area contributed by atoms with Crippen LogP contribution >= 0.6 is 0 Å². The Balaban J connectivity index is 2.11. The van der Waals surface area contributed by atoms with Crippen molar-refractivity contribution in [2.75, 3.05) is 6.54 Å². The van der Waals surface area contributed by atoms with Gasteiger partial charge >= 0.3 is 5.97 Å². The molecule has 2 aromatic rings. The van der Waals surface area contributed by atoms with Crippen LogP contribution in [0.5, 0.6) is 0 Å².